The number of ketones is 1. The summed E-state index contributed by atoms with van der Waals surface area (Å²) in [5.74, 6) is 0.468. The molecule has 0 aromatic heterocycles. The zero-order chi connectivity index (χ0) is 12.1. The summed E-state index contributed by atoms with van der Waals surface area (Å²) in [6.45, 7) is 2.28. The van der Waals surface area contributed by atoms with Gasteiger partial charge in [0.2, 0.25) is 0 Å². The van der Waals surface area contributed by atoms with Crippen LogP contribution < -0.4 is 0 Å². The van der Waals surface area contributed by atoms with Gasteiger partial charge in [0.05, 0.1) is 0 Å². The van der Waals surface area contributed by atoms with E-state index in [4.69, 9.17) is 0 Å². The molecule has 0 radical (unpaired) electrons. The maximum absolute atomic E-state index is 11.3. The largest absolute Gasteiger partial charge is 0.300 e. The fraction of sp³-hybridized carbons (Fsp3) is 0.562. The first-order chi connectivity index (χ1) is 8.18. The number of hydrogen-bond donors (Lipinski definition) is 0. The zero-order valence-corrected chi connectivity index (χ0v) is 10.7. The van der Waals surface area contributed by atoms with E-state index in [9.17, 15) is 4.79 Å². The summed E-state index contributed by atoms with van der Waals surface area (Å²) < 4.78 is 0. The fourth-order valence-corrected chi connectivity index (χ4v) is 2.83. The molecule has 0 unspecified atom stereocenters. The van der Waals surface area contributed by atoms with Crippen LogP contribution in [0.4, 0.5) is 0 Å². The van der Waals surface area contributed by atoms with Crippen LogP contribution in [0.3, 0.4) is 0 Å². The van der Waals surface area contributed by atoms with Crippen LogP contribution in [0.2, 0.25) is 0 Å². The Hall–Kier alpha value is -1.11. The minimum Gasteiger partial charge on any atom is -0.300 e. The highest BCUT2D eigenvalue weighted by atomic mass is 16.1. The van der Waals surface area contributed by atoms with Crippen LogP contribution in [0, 0.1) is 5.41 Å². The Bertz CT molecular complexity index is 368. The molecule has 1 aliphatic carbocycles. The van der Waals surface area contributed by atoms with E-state index in [-0.39, 0.29) is 0 Å². The summed E-state index contributed by atoms with van der Waals surface area (Å²) in [4.78, 5) is 11.3. The molecule has 1 atom stereocenters. The predicted octanol–water partition coefficient (Wildman–Crippen LogP) is 4.16. The molecular weight excluding hydrogens is 208 g/mol. The number of carbonyl (C=O) groups is 1. The van der Waals surface area contributed by atoms with Gasteiger partial charge in [-0.3, -0.25) is 4.79 Å². The van der Waals surface area contributed by atoms with Gasteiger partial charge in [-0.15, -0.1) is 0 Å². The van der Waals surface area contributed by atoms with Crippen molar-refractivity contribution in [2.45, 2.75) is 51.9 Å². The van der Waals surface area contributed by atoms with Crippen molar-refractivity contribution in [2.75, 3.05) is 0 Å². The lowest BCUT2D eigenvalue weighted by Gasteiger charge is -2.22. The molecule has 0 bridgehead atoms. The lowest BCUT2D eigenvalue weighted by Crippen LogP contribution is -2.11. The van der Waals surface area contributed by atoms with Gasteiger partial charge in [-0.25, -0.2) is 0 Å². The molecule has 0 N–H and O–H groups in total. The van der Waals surface area contributed by atoms with Crippen LogP contribution in [0.5, 0.6) is 0 Å². The van der Waals surface area contributed by atoms with Gasteiger partial charge in [-0.05, 0) is 36.7 Å². The van der Waals surface area contributed by atoms with Crippen molar-refractivity contribution >= 4 is 5.78 Å². The van der Waals surface area contributed by atoms with Gasteiger partial charge in [0.25, 0.3) is 0 Å². The highest BCUT2D eigenvalue weighted by molar-refractivity contribution is 5.81. The molecular formula is C16H22O. The molecule has 0 spiro atoms. The summed E-state index contributed by atoms with van der Waals surface area (Å²) in [5.41, 5.74) is 1.74. The van der Waals surface area contributed by atoms with E-state index in [2.05, 4.69) is 37.3 Å². The number of unbranched alkanes of at least 4 members (excludes halogenated alkanes) is 1. The lowest BCUT2D eigenvalue weighted by atomic mass is 9.83. The first-order valence-corrected chi connectivity index (χ1v) is 6.74. The van der Waals surface area contributed by atoms with E-state index >= 15 is 0 Å². The molecule has 1 aliphatic rings. The molecule has 1 fully saturated rings. The highest BCUT2D eigenvalue weighted by Gasteiger charge is 2.32. The number of hydrogen-bond acceptors (Lipinski definition) is 1. The maximum atomic E-state index is 11.3. The minimum atomic E-state index is 0.313. The van der Waals surface area contributed by atoms with E-state index in [0.29, 0.717) is 11.2 Å². The molecule has 0 aliphatic heterocycles. The van der Waals surface area contributed by atoms with Crippen LogP contribution in [0.1, 0.15) is 51.0 Å². The Balaban J connectivity index is 1.68. The van der Waals surface area contributed by atoms with Gasteiger partial charge in [0.15, 0.2) is 0 Å². The quantitative estimate of drug-likeness (QED) is 0.694. The molecule has 1 nitrogen and oxygen atoms in total. The second-order valence-corrected chi connectivity index (χ2v) is 5.72. The fourth-order valence-electron chi connectivity index (χ4n) is 2.83. The molecule has 0 heterocycles. The van der Waals surface area contributed by atoms with Crippen molar-refractivity contribution in [1.82, 2.24) is 0 Å². The first-order valence-electron chi connectivity index (χ1n) is 6.74. The van der Waals surface area contributed by atoms with Crippen LogP contribution in [0.15, 0.2) is 30.3 Å². The summed E-state index contributed by atoms with van der Waals surface area (Å²) in [7, 11) is 0. The summed E-state index contributed by atoms with van der Waals surface area (Å²) in [5, 5.41) is 0. The Morgan fingerprint density at radius 2 is 1.94 bits per heavy atom. The number of carbonyl (C=O) groups excluding carboxylic acids is 1. The maximum Gasteiger partial charge on any atom is 0.133 e. The van der Waals surface area contributed by atoms with Gasteiger partial charge in [0.1, 0.15) is 5.78 Å². The summed E-state index contributed by atoms with van der Waals surface area (Å²) >= 11 is 0. The first kappa shape index (κ1) is 12.3. The van der Waals surface area contributed by atoms with E-state index in [1.165, 1.54) is 31.2 Å². The monoisotopic (exact) mass is 230 g/mol. The molecule has 1 heteroatoms. The summed E-state index contributed by atoms with van der Waals surface area (Å²) in [6, 6.07) is 10.7. The smallest absolute Gasteiger partial charge is 0.133 e. The predicted molar refractivity (Wildman–Crippen MR) is 71.0 cm³/mol. The van der Waals surface area contributed by atoms with Crippen molar-refractivity contribution < 1.29 is 4.79 Å². The third-order valence-corrected chi connectivity index (χ3v) is 3.97. The van der Waals surface area contributed by atoms with Gasteiger partial charge in [0, 0.05) is 12.8 Å². The van der Waals surface area contributed by atoms with E-state index < -0.39 is 0 Å². The summed E-state index contributed by atoms with van der Waals surface area (Å²) in [6.07, 6.45) is 7.62. The highest BCUT2D eigenvalue weighted by Crippen LogP contribution is 2.39. The minimum absolute atomic E-state index is 0.313. The Kier molecular flexibility index (Phi) is 3.98. The standard InChI is InChI=1S/C16H22O/c1-16(12-10-15(17)13-16)11-6-5-9-14-7-3-2-4-8-14/h2-4,7-8H,5-6,9-13H2,1H3/t16-/m1/s1. The zero-order valence-electron chi connectivity index (χ0n) is 10.7. The molecule has 1 saturated carbocycles. The number of aryl methyl sites for hydroxylation is 1. The molecule has 17 heavy (non-hydrogen) atoms. The SMILES string of the molecule is C[C@@]1(CCCCc2ccccc2)CCC(=O)C1. The molecule has 0 saturated heterocycles. The number of Topliss-reactive ketones (excluding diaryl/α,β-unsaturated/α-hetero) is 1. The Morgan fingerprint density at radius 1 is 1.18 bits per heavy atom. The third kappa shape index (κ3) is 3.69. The van der Waals surface area contributed by atoms with E-state index in [1.54, 1.807) is 0 Å². The Morgan fingerprint density at radius 3 is 2.59 bits per heavy atom. The van der Waals surface area contributed by atoms with Gasteiger partial charge < -0.3 is 0 Å². The topological polar surface area (TPSA) is 17.1 Å². The van der Waals surface area contributed by atoms with Crippen molar-refractivity contribution in [1.29, 1.82) is 0 Å². The normalized spacial score (nSPS) is 24.2. The van der Waals surface area contributed by atoms with Gasteiger partial charge in [-0.2, -0.15) is 0 Å². The second kappa shape index (κ2) is 5.48. The van der Waals surface area contributed by atoms with Crippen molar-refractivity contribution in [3.8, 4) is 0 Å². The van der Waals surface area contributed by atoms with E-state index in [1.807, 2.05) is 0 Å². The van der Waals surface area contributed by atoms with E-state index in [0.717, 1.165) is 19.3 Å². The molecule has 92 valence electrons. The third-order valence-electron chi connectivity index (χ3n) is 3.97. The van der Waals surface area contributed by atoms with Crippen molar-refractivity contribution in [3.05, 3.63) is 35.9 Å². The van der Waals surface area contributed by atoms with Crippen molar-refractivity contribution in [2.24, 2.45) is 5.41 Å². The molecule has 0 amide bonds. The van der Waals surface area contributed by atoms with Crippen LogP contribution in [-0.2, 0) is 11.2 Å². The van der Waals surface area contributed by atoms with Crippen molar-refractivity contribution in [3.63, 3.8) is 0 Å². The van der Waals surface area contributed by atoms with Gasteiger partial charge in [-0.1, -0.05) is 43.7 Å². The number of benzene rings is 1. The van der Waals surface area contributed by atoms with Crippen LogP contribution >= 0.6 is 0 Å². The molecule has 1 aromatic carbocycles. The second-order valence-electron chi connectivity index (χ2n) is 5.72. The molecule has 2 rings (SSSR count). The lowest BCUT2D eigenvalue weighted by molar-refractivity contribution is -0.118. The van der Waals surface area contributed by atoms with Crippen LogP contribution in [-0.4, -0.2) is 5.78 Å². The molecule has 1 aromatic rings. The van der Waals surface area contributed by atoms with Crippen LogP contribution in [0.25, 0.3) is 0 Å². The Labute approximate surface area is 104 Å². The average molecular weight is 230 g/mol. The average Bonchev–Trinajstić information content (AvgIpc) is 2.67. The van der Waals surface area contributed by atoms with Gasteiger partial charge >= 0.3 is 0 Å². The number of rotatable bonds is 5.